The number of rotatable bonds is 5. The van der Waals surface area contributed by atoms with Gasteiger partial charge in [0, 0.05) is 5.92 Å². The van der Waals surface area contributed by atoms with E-state index in [1.54, 1.807) is 0 Å². The lowest BCUT2D eigenvalue weighted by Crippen LogP contribution is -2.38. The first-order chi connectivity index (χ1) is 8.83. The zero-order valence-electron chi connectivity index (χ0n) is 12.2. The lowest BCUT2D eigenvalue weighted by atomic mass is 9.79. The van der Waals surface area contributed by atoms with E-state index in [1.165, 1.54) is 51.4 Å². The van der Waals surface area contributed by atoms with Crippen LogP contribution < -0.4 is 0 Å². The summed E-state index contributed by atoms with van der Waals surface area (Å²) in [4.78, 5) is 0. The van der Waals surface area contributed by atoms with Crippen molar-refractivity contribution in [1.29, 1.82) is 0 Å². The monoisotopic (exact) mass is 254 g/mol. The fraction of sp³-hybridized carbons (Fsp3) is 1.00. The maximum absolute atomic E-state index is 6.14. The molecule has 0 N–H and O–H groups in total. The van der Waals surface area contributed by atoms with E-state index in [-0.39, 0.29) is 6.29 Å². The van der Waals surface area contributed by atoms with Crippen LogP contribution in [0.4, 0.5) is 0 Å². The molecule has 1 aliphatic carbocycles. The van der Waals surface area contributed by atoms with Gasteiger partial charge in [0.1, 0.15) is 0 Å². The molecule has 1 heterocycles. The Kier molecular flexibility index (Phi) is 5.97. The minimum absolute atomic E-state index is 0.109. The van der Waals surface area contributed by atoms with Gasteiger partial charge >= 0.3 is 0 Å². The van der Waals surface area contributed by atoms with Crippen molar-refractivity contribution < 1.29 is 9.47 Å². The first kappa shape index (κ1) is 14.3. The highest BCUT2D eigenvalue weighted by Gasteiger charge is 2.32. The average molecular weight is 254 g/mol. The summed E-state index contributed by atoms with van der Waals surface area (Å²) in [6.45, 7) is 5.45. The Morgan fingerprint density at radius 1 is 0.889 bits per heavy atom. The maximum Gasteiger partial charge on any atom is 0.160 e. The number of ether oxygens (including phenoxy) is 2. The van der Waals surface area contributed by atoms with Crippen LogP contribution in [0.2, 0.25) is 0 Å². The summed E-state index contributed by atoms with van der Waals surface area (Å²) >= 11 is 0. The Labute approximate surface area is 112 Å². The van der Waals surface area contributed by atoms with E-state index in [2.05, 4.69) is 13.8 Å². The molecular weight excluding hydrogens is 224 g/mol. The molecule has 0 radical (unpaired) electrons. The first-order valence-corrected chi connectivity index (χ1v) is 8.10. The van der Waals surface area contributed by atoms with Crippen molar-refractivity contribution in [3.8, 4) is 0 Å². The second-order valence-corrected chi connectivity index (χ2v) is 6.14. The summed E-state index contributed by atoms with van der Waals surface area (Å²) in [6.07, 6.45) is 12.2. The Morgan fingerprint density at radius 2 is 1.61 bits per heavy atom. The highest BCUT2D eigenvalue weighted by Crippen LogP contribution is 2.36. The van der Waals surface area contributed by atoms with Gasteiger partial charge in [0.2, 0.25) is 0 Å². The Hall–Kier alpha value is -0.0800. The van der Waals surface area contributed by atoms with E-state index >= 15 is 0 Å². The Bertz CT molecular complexity index is 219. The van der Waals surface area contributed by atoms with Gasteiger partial charge in [-0.3, -0.25) is 0 Å². The van der Waals surface area contributed by atoms with Gasteiger partial charge in [-0.15, -0.1) is 0 Å². The molecule has 18 heavy (non-hydrogen) atoms. The van der Waals surface area contributed by atoms with Gasteiger partial charge in [-0.25, -0.2) is 0 Å². The van der Waals surface area contributed by atoms with Gasteiger partial charge in [0.05, 0.1) is 12.7 Å². The van der Waals surface area contributed by atoms with Crippen molar-refractivity contribution in [1.82, 2.24) is 0 Å². The van der Waals surface area contributed by atoms with Crippen LogP contribution in [0.5, 0.6) is 0 Å². The van der Waals surface area contributed by atoms with Crippen molar-refractivity contribution in [2.45, 2.75) is 84.0 Å². The molecule has 0 aromatic rings. The second kappa shape index (κ2) is 7.49. The molecule has 2 rings (SSSR count). The highest BCUT2D eigenvalue weighted by molar-refractivity contribution is 4.77. The summed E-state index contributed by atoms with van der Waals surface area (Å²) in [6, 6.07) is 0. The highest BCUT2D eigenvalue weighted by atomic mass is 16.7. The summed E-state index contributed by atoms with van der Waals surface area (Å²) in [5.74, 6) is 1.64. The van der Waals surface area contributed by atoms with Crippen molar-refractivity contribution in [3.05, 3.63) is 0 Å². The van der Waals surface area contributed by atoms with Crippen LogP contribution in [-0.2, 0) is 9.47 Å². The molecule has 0 aromatic carbocycles. The Balaban J connectivity index is 1.75. The predicted molar refractivity (Wildman–Crippen MR) is 74.5 cm³/mol. The normalized spacial score (nSPS) is 37.7. The van der Waals surface area contributed by atoms with E-state index in [4.69, 9.17) is 9.47 Å². The maximum atomic E-state index is 6.14. The molecule has 1 saturated carbocycles. The van der Waals surface area contributed by atoms with Crippen LogP contribution in [0, 0.1) is 11.8 Å². The van der Waals surface area contributed by atoms with Crippen molar-refractivity contribution >= 4 is 0 Å². The van der Waals surface area contributed by atoms with E-state index < -0.39 is 0 Å². The van der Waals surface area contributed by atoms with Crippen LogP contribution in [0.15, 0.2) is 0 Å². The number of hydrogen-bond donors (Lipinski definition) is 0. The number of hydrogen-bond acceptors (Lipinski definition) is 2. The van der Waals surface area contributed by atoms with E-state index in [0.717, 1.165) is 18.9 Å². The largest absolute Gasteiger partial charge is 0.352 e. The van der Waals surface area contributed by atoms with Crippen LogP contribution >= 0.6 is 0 Å². The van der Waals surface area contributed by atoms with Crippen molar-refractivity contribution in [2.75, 3.05) is 6.61 Å². The molecule has 2 atom stereocenters. The lowest BCUT2D eigenvalue weighted by Gasteiger charge is -2.38. The third-order valence-corrected chi connectivity index (χ3v) is 4.63. The Morgan fingerprint density at radius 3 is 2.28 bits per heavy atom. The molecule has 1 saturated heterocycles. The topological polar surface area (TPSA) is 18.5 Å². The molecule has 2 heteroatoms. The molecule has 2 aliphatic rings. The fourth-order valence-electron chi connectivity index (χ4n) is 3.55. The van der Waals surface area contributed by atoms with E-state index in [9.17, 15) is 0 Å². The molecule has 0 aromatic heterocycles. The zero-order valence-corrected chi connectivity index (χ0v) is 12.2. The summed E-state index contributed by atoms with van der Waals surface area (Å²) in [7, 11) is 0. The third kappa shape index (κ3) is 3.96. The standard InChI is InChI=1S/C16H30O2/c1-3-5-13-7-9-14(10-8-13)16-17-12-11-15(18-16)6-4-2/h13-16H,3-12H2,1-2H3/t13?,14?,15-,16-/m0/s1. The van der Waals surface area contributed by atoms with Crippen LogP contribution in [0.3, 0.4) is 0 Å². The molecule has 1 aliphatic heterocycles. The smallest absolute Gasteiger partial charge is 0.160 e. The summed E-state index contributed by atoms with van der Waals surface area (Å²) in [5, 5.41) is 0. The van der Waals surface area contributed by atoms with Gasteiger partial charge in [-0.05, 0) is 44.4 Å². The summed E-state index contributed by atoms with van der Waals surface area (Å²) < 4.78 is 12.0. The molecule has 0 spiro atoms. The zero-order chi connectivity index (χ0) is 12.8. The van der Waals surface area contributed by atoms with Gasteiger partial charge < -0.3 is 9.47 Å². The van der Waals surface area contributed by atoms with E-state index in [1.807, 2.05) is 0 Å². The lowest BCUT2D eigenvalue weighted by molar-refractivity contribution is -0.241. The SMILES string of the molecule is CCCC1CCC([C@H]2OCC[C@H](CCC)O2)CC1. The molecule has 106 valence electrons. The summed E-state index contributed by atoms with van der Waals surface area (Å²) in [5.41, 5.74) is 0. The van der Waals surface area contributed by atoms with Crippen molar-refractivity contribution in [2.24, 2.45) is 11.8 Å². The molecular formula is C16H30O2. The van der Waals surface area contributed by atoms with Crippen LogP contribution in [0.1, 0.15) is 71.6 Å². The molecule has 2 nitrogen and oxygen atoms in total. The minimum Gasteiger partial charge on any atom is -0.352 e. The van der Waals surface area contributed by atoms with Gasteiger partial charge in [-0.2, -0.15) is 0 Å². The second-order valence-electron chi connectivity index (χ2n) is 6.14. The van der Waals surface area contributed by atoms with Crippen molar-refractivity contribution in [3.63, 3.8) is 0 Å². The van der Waals surface area contributed by atoms with Crippen LogP contribution in [0.25, 0.3) is 0 Å². The van der Waals surface area contributed by atoms with Crippen LogP contribution in [-0.4, -0.2) is 19.0 Å². The molecule has 0 unspecified atom stereocenters. The molecule has 0 amide bonds. The van der Waals surface area contributed by atoms with Gasteiger partial charge in [0.25, 0.3) is 0 Å². The first-order valence-electron chi connectivity index (χ1n) is 8.10. The molecule has 0 bridgehead atoms. The molecule has 2 fully saturated rings. The minimum atomic E-state index is 0.109. The predicted octanol–water partition coefficient (Wildman–Crippen LogP) is 4.52. The van der Waals surface area contributed by atoms with Gasteiger partial charge in [-0.1, -0.05) is 33.1 Å². The van der Waals surface area contributed by atoms with E-state index in [0.29, 0.717) is 12.0 Å². The van der Waals surface area contributed by atoms with Gasteiger partial charge in [0.15, 0.2) is 6.29 Å². The third-order valence-electron chi connectivity index (χ3n) is 4.63. The quantitative estimate of drug-likeness (QED) is 0.718. The average Bonchev–Trinajstić information content (AvgIpc) is 2.41. The fourth-order valence-corrected chi connectivity index (χ4v) is 3.55.